The Morgan fingerprint density at radius 3 is 1.72 bits per heavy atom. The Balaban J connectivity index is 1.23. The van der Waals surface area contributed by atoms with Gasteiger partial charge in [-0.15, -0.1) is 0 Å². The number of amides is 3. The number of hydrogen-bond donors (Lipinski definition) is 2. The zero-order valence-corrected chi connectivity index (χ0v) is 28.6. The molecule has 3 amide bonds. The summed E-state index contributed by atoms with van der Waals surface area (Å²) in [6, 6.07) is 13.9. The van der Waals surface area contributed by atoms with E-state index in [1.807, 2.05) is 24.3 Å². The molecule has 0 radical (unpaired) electrons. The standard InChI is InChI=1S/C38H58N4O5/c1-2-3-4-5-6-7-8-9-10-11-12-13-14-15-16-21-27-40-37(44)46-30-34-28-35(42(34)36(43)32-23-18-17-19-24-32)31-47-38(45)41-29-33-25-20-22-26-39-33/h17-20,22-26,34-35H,2-16,21,27-31H2,1H3,(H,40,44)(H,41,45). The molecule has 1 aliphatic heterocycles. The number of likely N-dealkylation sites (tertiary alicyclic amines) is 1. The molecule has 1 aliphatic rings. The van der Waals surface area contributed by atoms with E-state index in [9.17, 15) is 14.4 Å². The van der Waals surface area contributed by atoms with E-state index in [4.69, 9.17) is 9.47 Å². The van der Waals surface area contributed by atoms with Crippen molar-refractivity contribution in [2.75, 3.05) is 19.8 Å². The summed E-state index contributed by atoms with van der Waals surface area (Å²) in [7, 11) is 0. The van der Waals surface area contributed by atoms with Crippen LogP contribution in [0.1, 0.15) is 132 Å². The first-order valence-electron chi connectivity index (χ1n) is 18.2. The molecule has 47 heavy (non-hydrogen) atoms. The van der Waals surface area contributed by atoms with Gasteiger partial charge in [-0.1, -0.05) is 128 Å². The molecule has 1 fully saturated rings. The summed E-state index contributed by atoms with van der Waals surface area (Å²) in [5.74, 6) is -0.179. The van der Waals surface area contributed by atoms with Crippen LogP contribution in [0, 0.1) is 0 Å². The van der Waals surface area contributed by atoms with Crippen molar-refractivity contribution in [2.45, 2.75) is 135 Å². The van der Waals surface area contributed by atoms with Gasteiger partial charge in [0.15, 0.2) is 0 Å². The SMILES string of the molecule is CCCCCCCCCCCCCCCCCCNC(=O)OCC1CC(COC(=O)NCc2ccccn2)N1C(=O)c1ccccc1. The summed E-state index contributed by atoms with van der Waals surface area (Å²) in [6.07, 6.45) is 22.2. The predicted octanol–water partition coefficient (Wildman–Crippen LogP) is 8.58. The summed E-state index contributed by atoms with van der Waals surface area (Å²) >= 11 is 0. The number of nitrogens with one attached hydrogen (secondary N) is 2. The lowest BCUT2D eigenvalue weighted by atomic mass is 9.92. The van der Waals surface area contributed by atoms with Crippen molar-refractivity contribution >= 4 is 18.1 Å². The first kappa shape index (κ1) is 37.8. The van der Waals surface area contributed by atoms with Crippen LogP contribution in [0.2, 0.25) is 0 Å². The van der Waals surface area contributed by atoms with E-state index < -0.39 is 12.2 Å². The number of aromatic nitrogens is 1. The largest absolute Gasteiger partial charge is 0.447 e. The minimum atomic E-state index is -0.573. The van der Waals surface area contributed by atoms with Crippen LogP contribution in [-0.4, -0.2) is 59.8 Å². The molecular formula is C38H58N4O5. The van der Waals surface area contributed by atoms with E-state index in [0.717, 1.165) is 18.5 Å². The van der Waals surface area contributed by atoms with Crippen molar-refractivity contribution < 1.29 is 23.9 Å². The molecule has 1 aromatic heterocycles. The van der Waals surface area contributed by atoms with Gasteiger partial charge in [-0.25, -0.2) is 9.59 Å². The van der Waals surface area contributed by atoms with Gasteiger partial charge in [0.25, 0.3) is 5.91 Å². The highest BCUT2D eigenvalue weighted by Crippen LogP contribution is 2.29. The average Bonchev–Trinajstić information content (AvgIpc) is 3.08. The first-order chi connectivity index (χ1) is 23.1. The number of nitrogens with zero attached hydrogens (tertiary/aromatic N) is 2. The van der Waals surface area contributed by atoms with Crippen LogP contribution in [0.4, 0.5) is 9.59 Å². The molecule has 2 heterocycles. The Hall–Kier alpha value is -3.62. The highest BCUT2D eigenvalue weighted by Gasteiger charge is 2.43. The molecule has 0 saturated carbocycles. The van der Waals surface area contributed by atoms with Crippen LogP contribution in [0.15, 0.2) is 54.7 Å². The topological polar surface area (TPSA) is 110 Å². The third-order valence-electron chi connectivity index (χ3n) is 8.84. The molecule has 0 spiro atoms. The first-order valence-corrected chi connectivity index (χ1v) is 18.2. The number of alkyl carbamates (subject to hydrolysis) is 2. The van der Waals surface area contributed by atoms with Gasteiger partial charge in [-0.2, -0.15) is 0 Å². The second-order valence-corrected chi connectivity index (χ2v) is 12.7. The molecule has 0 aliphatic carbocycles. The minimum Gasteiger partial charge on any atom is -0.447 e. The van der Waals surface area contributed by atoms with Crippen molar-refractivity contribution in [1.29, 1.82) is 0 Å². The van der Waals surface area contributed by atoms with Crippen LogP contribution in [0.5, 0.6) is 0 Å². The lowest BCUT2D eigenvalue weighted by molar-refractivity contribution is -0.0304. The fraction of sp³-hybridized carbons (Fsp3) is 0.632. The number of benzene rings is 1. The molecule has 2 aromatic rings. The summed E-state index contributed by atoms with van der Waals surface area (Å²) in [4.78, 5) is 43.7. The number of ether oxygens (including phenoxy) is 2. The summed E-state index contributed by atoms with van der Waals surface area (Å²) in [6.45, 7) is 3.24. The Labute approximate surface area is 282 Å². The molecule has 3 rings (SSSR count). The van der Waals surface area contributed by atoms with Crippen molar-refractivity contribution in [3.8, 4) is 0 Å². The Bertz CT molecular complexity index is 1130. The van der Waals surface area contributed by atoms with Gasteiger partial charge in [0.05, 0.1) is 24.3 Å². The van der Waals surface area contributed by atoms with Crippen molar-refractivity contribution in [1.82, 2.24) is 20.5 Å². The number of pyridine rings is 1. The molecular weight excluding hydrogens is 592 g/mol. The van der Waals surface area contributed by atoms with Crippen LogP contribution >= 0.6 is 0 Å². The van der Waals surface area contributed by atoms with Crippen molar-refractivity contribution in [3.05, 3.63) is 66.0 Å². The second-order valence-electron chi connectivity index (χ2n) is 12.7. The molecule has 9 heteroatoms. The van der Waals surface area contributed by atoms with E-state index in [-0.39, 0.29) is 37.7 Å². The predicted molar refractivity (Wildman–Crippen MR) is 186 cm³/mol. The van der Waals surface area contributed by atoms with Gasteiger partial charge < -0.3 is 25.0 Å². The zero-order chi connectivity index (χ0) is 33.4. The van der Waals surface area contributed by atoms with E-state index >= 15 is 0 Å². The van der Waals surface area contributed by atoms with Gasteiger partial charge in [0.1, 0.15) is 13.2 Å². The van der Waals surface area contributed by atoms with Gasteiger partial charge in [0, 0.05) is 18.3 Å². The average molecular weight is 651 g/mol. The minimum absolute atomic E-state index is 0.0502. The molecule has 2 unspecified atom stereocenters. The van der Waals surface area contributed by atoms with Crippen molar-refractivity contribution in [3.63, 3.8) is 0 Å². The summed E-state index contributed by atoms with van der Waals surface area (Å²) < 4.78 is 10.9. The fourth-order valence-corrected chi connectivity index (χ4v) is 6.03. The van der Waals surface area contributed by atoms with E-state index in [2.05, 4.69) is 22.5 Å². The normalized spacial score (nSPS) is 15.5. The third-order valence-corrected chi connectivity index (χ3v) is 8.84. The van der Waals surface area contributed by atoms with Crippen LogP contribution in [-0.2, 0) is 16.0 Å². The van der Waals surface area contributed by atoms with Crippen LogP contribution in [0.3, 0.4) is 0 Å². The maximum absolute atomic E-state index is 13.3. The fourth-order valence-electron chi connectivity index (χ4n) is 6.03. The molecule has 2 atom stereocenters. The second kappa shape index (κ2) is 23.7. The van der Waals surface area contributed by atoms with Gasteiger partial charge in [-0.05, 0) is 37.1 Å². The van der Waals surface area contributed by atoms with Gasteiger partial charge >= 0.3 is 12.2 Å². The summed E-state index contributed by atoms with van der Waals surface area (Å²) in [5, 5.41) is 5.52. The number of rotatable bonds is 24. The molecule has 0 bridgehead atoms. The lowest BCUT2D eigenvalue weighted by Gasteiger charge is -2.47. The Morgan fingerprint density at radius 1 is 0.681 bits per heavy atom. The maximum Gasteiger partial charge on any atom is 0.407 e. The zero-order valence-electron chi connectivity index (χ0n) is 28.6. The maximum atomic E-state index is 13.3. The molecule has 1 aromatic carbocycles. The molecule has 260 valence electrons. The number of carbonyl (C=O) groups excluding carboxylic acids is 3. The van der Waals surface area contributed by atoms with Gasteiger partial charge in [0.2, 0.25) is 0 Å². The quantitative estimate of drug-likeness (QED) is 0.110. The molecule has 9 nitrogen and oxygen atoms in total. The number of hydrogen-bond acceptors (Lipinski definition) is 6. The third kappa shape index (κ3) is 15.7. The van der Waals surface area contributed by atoms with Crippen molar-refractivity contribution in [2.24, 2.45) is 0 Å². The number of carbonyl (C=O) groups is 3. The highest BCUT2D eigenvalue weighted by molar-refractivity contribution is 5.95. The monoisotopic (exact) mass is 650 g/mol. The van der Waals surface area contributed by atoms with E-state index in [1.54, 1.807) is 35.4 Å². The molecule has 1 saturated heterocycles. The number of unbranched alkanes of at least 4 members (excludes halogenated alkanes) is 15. The van der Waals surface area contributed by atoms with Crippen LogP contribution < -0.4 is 10.6 Å². The van der Waals surface area contributed by atoms with Crippen LogP contribution in [0.25, 0.3) is 0 Å². The van der Waals surface area contributed by atoms with E-state index in [1.165, 1.54) is 89.9 Å². The van der Waals surface area contributed by atoms with E-state index in [0.29, 0.717) is 18.5 Å². The smallest absolute Gasteiger partial charge is 0.407 e. The summed E-state index contributed by atoms with van der Waals surface area (Å²) in [5.41, 5.74) is 1.26. The Morgan fingerprint density at radius 2 is 1.19 bits per heavy atom. The lowest BCUT2D eigenvalue weighted by Crippen LogP contribution is -2.62. The Kier molecular flexibility index (Phi) is 19.0. The van der Waals surface area contributed by atoms with Gasteiger partial charge in [-0.3, -0.25) is 9.78 Å². The molecule has 2 N–H and O–H groups in total. The highest BCUT2D eigenvalue weighted by atomic mass is 16.6.